The number of nitrogens with two attached hydrogens (primary N) is 1. The molecule has 2 aromatic rings. The van der Waals surface area contributed by atoms with Gasteiger partial charge >= 0.3 is 0 Å². The van der Waals surface area contributed by atoms with Crippen molar-refractivity contribution < 1.29 is 0 Å². The van der Waals surface area contributed by atoms with E-state index in [-0.39, 0.29) is 11.9 Å². The van der Waals surface area contributed by atoms with E-state index in [2.05, 4.69) is 19.9 Å². The molecule has 0 radical (unpaired) electrons. The van der Waals surface area contributed by atoms with Crippen molar-refractivity contribution in [3.63, 3.8) is 0 Å². The smallest absolute Gasteiger partial charge is 0.157 e. The molecule has 0 saturated carbocycles. The third kappa shape index (κ3) is 1.83. The van der Waals surface area contributed by atoms with Crippen LogP contribution in [-0.2, 0) is 0 Å². The Kier molecular flexibility index (Phi) is 2.74. The van der Waals surface area contributed by atoms with E-state index >= 15 is 0 Å². The number of aromatic amines is 1. The second-order valence-corrected chi connectivity index (χ2v) is 4.05. The molecule has 2 rings (SSSR count). The third-order valence-electron chi connectivity index (χ3n) is 2.20. The molecule has 4 N–H and O–H groups in total. The Morgan fingerprint density at radius 2 is 2.50 bits per heavy atom. The largest absolute Gasteiger partial charge is 0.382 e. The molecule has 0 bridgehead atoms. The number of hydrogen-bond donors (Lipinski definition) is 3. The second kappa shape index (κ2) is 4.20. The molecule has 6 nitrogen and oxygen atoms in total. The van der Waals surface area contributed by atoms with Gasteiger partial charge in [-0.3, -0.25) is 5.10 Å². The van der Waals surface area contributed by atoms with Crippen LogP contribution >= 0.6 is 11.5 Å². The number of aromatic nitrogens is 3. The van der Waals surface area contributed by atoms with Gasteiger partial charge in [0.05, 0.1) is 12.2 Å². The van der Waals surface area contributed by atoms with Crippen LogP contribution in [0, 0.1) is 11.3 Å². The van der Waals surface area contributed by atoms with E-state index in [4.69, 9.17) is 11.0 Å². The predicted octanol–water partition coefficient (Wildman–Crippen LogP) is 1.49. The lowest BCUT2D eigenvalue weighted by molar-refractivity contribution is 0.890. The van der Waals surface area contributed by atoms with Crippen molar-refractivity contribution >= 4 is 22.4 Å². The SMILES string of the molecule is CC(Nc1snc(N)c1C#N)c1cn[nH]c1. The first kappa shape index (κ1) is 10.4. The highest BCUT2D eigenvalue weighted by atomic mass is 32.1. The Balaban J connectivity index is 2.19. The molecular formula is C9H10N6S. The number of anilines is 2. The van der Waals surface area contributed by atoms with Gasteiger partial charge in [-0.2, -0.15) is 14.7 Å². The van der Waals surface area contributed by atoms with Gasteiger partial charge in [-0.15, -0.1) is 0 Å². The standard InChI is InChI=1S/C9H10N6S/c1-5(6-3-12-13-4-6)14-9-7(2-10)8(11)15-16-9/h3-5,14H,1H3,(H2,11,15)(H,12,13). The van der Waals surface area contributed by atoms with Crippen molar-refractivity contribution in [1.82, 2.24) is 14.6 Å². The van der Waals surface area contributed by atoms with E-state index in [1.165, 1.54) is 11.5 Å². The topological polar surface area (TPSA) is 103 Å². The van der Waals surface area contributed by atoms with Gasteiger partial charge in [0.2, 0.25) is 0 Å². The fourth-order valence-electron chi connectivity index (χ4n) is 1.29. The van der Waals surface area contributed by atoms with Gasteiger partial charge in [-0.25, -0.2) is 0 Å². The van der Waals surface area contributed by atoms with Crippen LogP contribution < -0.4 is 11.1 Å². The highest BCUT2D eigenvalue weighted by Crippen LogP contribution is 2.29. The summed E-state index contributed by atoms with van der Waals surface area (Å²) in [4.78, 5) is 0. The van der Waals surface area contributed by atoms with E-state index in [1.807, 2.05) is 13.0 Å². The molecule has 82 valence electrons. The summed E-state index contributed by atoms with van der Waals surface area (Å²) in [6.07, 6.45) is 3.53. The van der Waals surface area contributed by atoms with Gasteiger partial charge in [-0.1, -0.05) is 0 Å². The van der Waals surface area contributed by atoms with E-state index in [9.17, 15) is 0 Å². The van der Waals surface area contributed by atoms with Crippen molar-refractivity contribution in [2.45, 2.75) is 13.0 Å². The Morgan fingerprint density at radius 3 is 3.12 bits per heavy atom. The van der Waals surface area contributed by atoms with Crippen LogP contribution in [0.25, 0.3) is 0 Å². The normalized spacial score (nSPS) is 12.0. The van der Waals surface area contributed by atoms with Crippen molar-refractivity contribution in [2.24, 2.45) is 0 Å². The number of nitrogen functional groups attached to an aromatic ring is 1. The number of H-pyrrole nitrogens is 1. The lowest BCUT2D eigenvalue weighted by Crippen LogP contribution is -2.05. The molecule has 1 unspecified atom stereocenters. The first-order chi connectivity index (χ1) is 7.72. The number of rotatable bonds is 3. The zero-order valence-electron chi connectivity index (χ0n) is 8.56. The molecule has 0 fully saturated rings. The van der Waals surface area contributed by atoms with Crippen molar-refractivity contribution in [1.29, 1.82) is 5.26 Å². The minimum Gasteiger partial charge on any atom is -0.382 e. The fourth-order valence-corrected chi connectivity index (χ4v) is 2.04. The van der Waals surface area contributed by atoms with Gasteiger partial charge in [0.25, 0.3) is 0 Å². The quantitative estimate of drug-likeness (QED) is 0.746. The Bertz CT molecular complexity index is 509. The molecule has 0 aromatic carbocycles. The zero-order chi connectivity index (χ0) is 11.5. The van der Waals surface area contributed by atoms with Gasteiger partial charge in [0, 0.05) is 11.8 Å². The lowest BCUT2D eigenvalue weighted by atomic mass is 10.2. The zero-order valence-corrected chi connectivity index (χ0v) is 9.38. The van der Waals surface area contributed by atoms with Crippen LogP contribution in [0.1, 0.15) is 24.1 Å². The summed E-state index contributed by atoms with van der Waals surface area (Å²) in [6, 6.07) is 2.08. The number of nitrogens with zero attached hydrogens (tertiary/aromatic N) is 3. The van der Waals surface area contributed by atoms with Crippen LogP contribution in [0.3, 0.4) is 0 Å². The molecule has 0 saturated heterocycles. The monoisotopic (exact) mass is 234 g/mol. The summed E-state index contributed by atoms with van der Waals surface area (Å²) in [6.45, 7) is 1.97. The van der Waals surface area contributed by atoms with Crippen LogP contribution in [-0.4, -0.2) is 14.6 Å². The Labute approximate surface area is 96.3 Å². The molecule has 0 aliphatic heterocycles. The molecule has 2 aromatic heterocycles. The van der Waals surface area contributed by atoms with Crippen LogP contribution in [0.2, 0.25) is 0 Å². The van der Waals surface area contributed by atoms with E-state index in [0.29, 0.717) is 10.6 Å². The van der Waals surface area contributed by atoms with Gasteiger partial charge in [0.1, 0.15) is 16.6 Å². The number of nitrogens with one attached hydrogen (secondary N) is 2. The summed E-state index contributed by atoms with van der Waals surface area (Å²) in [5.41, 5.74) is 6.98. The minimum absolute atomic E-state index is 0.0469. The maximum absolute atomic E-state index is 8.91. The van der Waals surface area contributed by atoms with Crippen molar-refractivity contribution in [3.05, 3.63) is 23.5 Å². The summed E-state index contributed by atoms with van der Waals surface area (Å²) in [5, 5.41) is 19.4. The van der Waals surface area contributed by atoms with Crippen LogP contribution in [0.5, 0.6) is 0 Å². The fraction of sp³-hybridized carbons (Fsp3) is 0.222. The molecular weight excluding hydrogens is 224 g/mol. The molecule has 0 aliphatic carbocycles. The third-order valence-corrected chi connectivity index (χ3v) is 2.99. The number of hydrogen-bond acceptors (Lipinski definition) is 6. The first-order valence-electron chi connectivity index (χ1n) is 4.63. The molecule has 7 heteroatoms. The van der Waals surface area contributed by atoms with Gasteiger partial charge in [0.15, 0.2) is 5.82 Å². The summed E-state index contributed by atoms with van der Waals surface area (Å²) in [5.74, 6) is 0.273. The minimum atomic E-state index is 0.0469. The van der Waals surface area contributed by atoms with Crippen molar-refractivity contribution in [2.75, 3.05) is 11.1 Å². The van der Waals surface area contributed by atoms with Gasteiger partial charge in [-0.05, 0) is 18.5 Å². The number of nitriles is 1. The predicted molar refractivity (Wildman–Crippen MR) is 61.9 cm³/mol. The second-order valence-electron chi connectivity index (χ2n) is 3.28. The van der Waals surface area contributed by atoms with Crippen molar-refractivity contribution in [3.8, 4) is 6.07 Å². The average molecular weight is 234 g/mol. The first-order valence-corrected chi connectivity index (χ1v) is 5.40. The summed E-state index contributed by atoms with van der Waals surface area (Å²) >= 11 is 1.19. The van der Waals surface area contributed by atoms with E-state index in [0.717, 1.165) is 5.56 Å². The molecule has 0 spiro atoms. The molecule has 0 aliphatic rings. The molecule has 16 heavy (non-hydrogen) atoms. The highest BCUT2D eigenvalue weighted by Gasteiger charge is 2.14. The van der Waals surface area contributed by atoms with E-state index < -0.39 is 0 Å². The maximum Gasteiger partial charge on any atom is 0.157 e. The maximum atomic E-state index is 8.91. The van der Waals surface area contributed by atoms with Crippen LogP contribution in [0.15, 0.2) is 12.4 Å². The summed E-state index contributed by atoms with van der Waals surface area (Å²) in [7, 11) is 0. The highest BCUT2D eigenvalue weighted by molar-refractivity contribution is 7.10. The molecule has 0 amide bonds. The Morgan fingerprint density at radius 1 is 1.69 bits per heavy atom. The lowest BCUT2D eigenvalue weighted by Gasteiger charge is -2.11. The van der Waals surface area contributed by atoms with Gasteiger partial charge < -0.3 is 11.1 Å². The summed E-state index contributed by atoms with van der Waals surface area (Å²) < 4.78 is 3.93. The molecule has 2 heterocycles. The van der Waals surface area contributed by atoms with E-state index in [1.54, 1.807) is 12.4 Å². The Hall–Kier alpha value is -2.07. The average Bonchev–Trinajstić information content (AvgIpc) is 2.88. The molecule has 1 atom stereocenters. The van der Waals surface area contributed by atoms with Crippen LogP contribution in [0.4, 0.5) is 10.8 Å².